The van der Waals surface area contributed by atoms with Crippen LogP contribution in [0, 0.1) is 5.92 Å². The minimum Gasteiger partial charge on any atom is -0.385 e. The Balaban J connectivity index is 1.83. The first-order valence-electron chi connectivity index (χ1n) is 6.37. The van der Waals surface area contributed by atoms with Gasteiger partial charge in [0, 0.05) is 11.9 Å². The summed E-state index contributed by atoms with van der Waals surface area (Å²) in [4.78, 5) is 8.87. The predicted octanol–water partition coefficient (Wildman–Crippen LogP) is 2.19. The molecule has 0 radical (unpaired) electrons. The van der Waals surface area contributed by atoms with E-state index in [1.165, 1.54) is 30.5 Å². The molecule has 0 aromatic carbocycles. The number of aliphatic hydroxyl groups excluding tert-OH is 1. The molecule has 2 aliphatic rings. The largest absolute Gasteiger partial charge is 0.385 e. The second-order valence-electron chi connectivity index (χ2n) is 5.04. The predicted molar refractivity (Wildman–Crippen MR) is 61.0 cm³/mol. The molecule has 16 heavy (non-hydrogen) atoms. The van der Waals surface area contributed by atoms with Gasteiger partial charge in [-0.1, -0.05) is 12.8 Å². The van der Waals surface area contributed by atoms with E-state index in [9.17, 15) is 5.11 Å². The summed E-state index contributed by atoms with van der Waals surface area (Å²) in [5, 5.41) is 10.2. The average molecular weight is 218 g/mol. The Hall–Kier alpha value is -0.960. The van der Waals surface area contributed by atoms with Gasteiger partial charge in [-0.15, -0.1) is 0 Å². The van der Waals surface area contributed by atoms with Crippen LogP contribution in [0.4, 0.5) is 0 Å². The summed E-state index contributed by atoms with van der Waals surface area (Å²) in [6.45, 7) is 0. The Kier molecular flexibility index (Phi) is 2.64. The van der Waals surface area contributed by atoms with E-state index in [1.807, 2.05) is 6.20 Å². The van der Waals surface area contributed by atoms with Gasteiger partial charge < -0.3 is 5.11 Å². The highest BCUT2D eigenvalue weighted by atomic mass is 16.3. The van der Waals surface area contributed by atoms with Crippen molar-refractivity contribution in [2.75, 3.05) is 0 Å². The summed E-state index contributed by atoms with van der Waals surface area (Å²) < 4.78 is 0. The zero-order valence-corrected chi connectivity index (χ0v) is 9.52. The maximum Gasteiger partial charge on any atom is 0.157 e. The zero-order chi connectivity index (χ0) is 11.0. The van der Waals surface area contributed by atoms with E-state index < -0.39 is 6.10 Å². The number of aryl methyl sites for hydroxylation is 2. The van der Waals surface area contributed by atoms with E-state index in [0.29, 0.717) is 11.7 Å². The molecule has 0 spiro atoms. The van der Waals surface area contributed by atoms with Crippen molar-refractivity contribution in [2.24, 2.45) is 5.92 Å². The molecule has 1 atom stereocenters. The summed E-state index contributed by atoms with van der Waals surface area (Å²) >= 11 is 0. The van der Waals surface area contributed by atoms with Crippen LogP contribution in [-0.2, 0) is 12.8 Å². The van der Waals surface area contributed by atoms with Gasteiger partial charge in [0.15, 0.2) is 5.82 Å². The van der Waals surface area contributed by atoms with Crippen LogP contribution in [0.1, 0.15) is 55.3 Å². The lowest BCUT2D eigenvalue weighted by Crippen LogP contribution is -2.13. The average Bonchev–Trinajstić information content (AvgIpc) is 2.98. The van der Waals surface area contributed by atoms with E-state index in [-0.39, 0.29) is 0 Å². The van der Waals surface area contributed by atoms with Gasteiger partial charge in [-0.3, -0.25) is 0 Å². The molecule has 1 saturated carbocycles. The van der Waals surface area contributed by atoms with Gasteiger partial charge >= 0.3 is 0 Å². The molecule has 1 heterocycles. The number of aliphatic hydroxyl groups is 1. The summed E-state index contributed by atoms with van der Waals surface area (Å²) in [7, 11) is 0. The molecule has 1 N–H and O–H groups in total. The number of nitrogens with zero attached hydrogens (tertiary/aromatic N) is 2. The number of rotatable bonds is 2. The van der Waals surface area contributed by atoms with E-state index in [4.69, 9.17) is 0 Å². The minimum atomic E-state index is -0.437. The lowest BCUT2D eigenvalue weighted by molar-refractivity contribution is 0.102. The Bertz CT molecular complexity index is 386. The summed E-state index contributed by atoms with van der Waals surface area (Å²) in [6.07, 6.45) is 9.57. The first kappa shape index (κ1) is 10.2. The van der Waals surface area contributed by atoms with Crippen molar-refractivity contribution in [2.45, 2.75) is 51.0 Å². The SMILES string of the molecule is OC(c1ncc2c(n1)CCC2)C1CCCC1. The molecule has 0 amide bonds. The quantitative estimate of drug-likeness (QED) is 0.827. The van der Waals surface area contributed by atoms with Crippen molar-refractivity contribution in [1.29, 1.82) is 0 Å². The first-order chi connectivity index (χ1) is 7.84. The third kappa shape index (κ3) is 1.73. The van der Waals surface area contributed by atoms with Crippen LogP contribution < -0.4 is 0 Å². The molecule has 3 rings (SSSR count). The van der Waals surface area contributed by atoms with E-state index >= 15 is 0 Å². The van der Waals surface area contributed by atoms with Crippen LogP contribution in [0.5, 0.6) is 0 Å². The second-order valence-corrected chi connectivity index (χ2v) is 5.04. The minimum absolute atomic E-state index is 0.388. The third-order valence-electron chi connectivity index (χ3n) is 3.94. The highest BCUT2D eigenvalue weighted by Crippen LogP contribution is 2.34. The zero-order valence-electron chi connectivity index (χ0n) is 9.52. The smallest absolute Gasteiger partial charge is 0.157 e. The summed E-state index contributed by atoms with van der Waals surface area (Å²) in [6, 6.07) is 0. The molecule has 2 aliphatic carbocycles. The third-order valence-corrected chi connectivity index (χ3v) is 3.94. The van der Waals surface area contributed by atoms with Crippen LogP contribution in [0.2, 0.25) is 0 Å². The molecular formula is C13H18N2O. The fraction of sp³-hybridized carbons (Fsp3) is 0.692. The maximum absolute atomic E-state index is 10.2. The highest BCUT2D eigenvalue weighted by Gasteiger charge is 2.27. The molecule has 86 valence electrons. The van der Waals surface area contributed by atoms with E-state index in [1.54, 1.807) is 0 Å². The van der Waals surface area contributed by atoms with Crippen LogP contribution in [-0.4, -0.2) is 15.1 Å². The van der Waals surface area contributed by atoms with Crippen LogP contribution >= 0.6 is 0 Å². The fourth-order valence-electron chi connectivity index (χ4n) is 2.96. The van der Waals surface area contributed by atoms with Gasteiger partial charge in [-0.25, -0.2) is 9.97 Å². The Morgan fingerprint density at radius 3 is 2.81 bits per heavy atom. The Morgan fingerprint density at radius 2 is 2.00 bits per heavy atom. The van der Waals surface area contributed by atoms with Crippen molar-refractivity contribution in [1.82, 2.24) is 9.97 Å². The number of fused-ring (bicyclic) bond motifs is 1. The number of hydrogen-bond acceptors (Lipinski definition) is 3. The lowest BCUT2D eigenvalue weighted by atomic mass is 10.0. The fourth-order valence-corrected chi connectivity index (χ4v) is 2.96. The van der Waals surface area contributed by atoms with Crippen molar-refractivity contribution < 1.29 is 5.11 Å². The summed E-state index contributed by atoms with van der Waals surface area (Å²) in [5.41, 5.74) is 2.45. The number of hydrogen-bond donors (Lipinski definition) is 1. The second kappa shape index (κ2) is 4.13. The molecule has 1 aromatic heterocycles. The number of aromatic nitrogens is 2. The summed E-state index contributed by atoms with van der Waals surface area (Å²) in [5.74, 6) is 1.05. The van der Waals surface area contributed by atoms with Crippen LogP contribution in [0.25, 0.3) is 0 Å². The molecule has 1 fully saturated rings. The van der Waals surface area contributed by atoms with E-state index in [2.05, 4.69) is 9.97 Å². The normalized spacial score (nSPS) is 22.3. The Morgan fingerprint density at radius 1 is 1.19 bits per heavy atom. The van der Waals surface area contributed by atoms with Crippen LogP contribution in [0.3, 0.4) is 0 Å². The van der Waals surface area contributed by atoms with Gasteiger partial charge in [0.05, 0.1) is 0 Å². The molecule has 1 aromatic rings. The Labute approximate surface area is 95.9 Å². The van der Waals surface area contributed by atoms with Gasteiger partial charge in [0.2, 0.25) is 0 Å². The van der Waals surface area contributed by atoms with Gasteiger partial charge in [-0.2, -0.15) is 0 Å². The molecular weight excluding hydrogens is 200 g/mol. The molecule has 0 saturated heterocycles. The standard InChI is InChI=1S/C13H18N2O/c16-12(9-4-1-2-5-9)13-14-8-10-6-3-7-11(10)15-13/h8-9,12,16H,1-7H2. The van der Waals surface area contributed by atoms with Gasteiger partial charge in [-0.05, 0) is 43.6 Å². The van der Waals surface area contributed by atoms with Crippen molar-refractivity contribution in [3.05, 3.63) is 23.3 Å². The molecule has 0 bridgehead atoms. The molecule has 3 nitrogen and oxygen atoms in total. The highest BCUT2D eigenvalue weighted by molar-refractivity contribution is 5.23. The van der Waals surface area contributed by atoms with Crippen LogP contribution in [0.15, 0.2) is 6.20 Å². The first-order valence-corrected chi connectivity index (χ1v) is 6.37. The van der Waals surface area contributed by atoms with Crippen molar-refractivity contribution in [3.8, 4) is 0 Å². The topological polar surface area (TPSA) is 46.0 Å². The molecule has 1 unspecified atom stereocenters. The van der Waals surface area contributed by atoms with Gasteiger partial charge in [0.25, 0.3) is 0 Å². The molecule has 0 aliphatic heterocycles. The van der Waals surface area contributed by atoms with Crippen molar-refractivity contribution >= 4 is 0 Å². The maximum atomic E-state index is 10.2. The monoisotopic (exact) mass is 218 g/mol. The van der Waals surface area contributed by atoms with Crippen molar-refractivity contribution in [3.63, 3.8) is 0 Å². The van der Waals surface area contributed by atoms with E-state index in [0.717, 1.165) is 25.7 Å². The molecule has 3 heteroatoms. The lowest BCUT2D eigenvalue weighted by Gasteiger charge is -2.16. The van der Waals surface area contributed by atoms with Gasteiger partial charge in [0.1, 0.15) is 6.10 Å².